The van der Waals surface area contributed by atoms with Crippen LogP contribution in [0.3, 0.4) is 0 Å². The van der Waals surface area contributed by atoms with Crippen LogP contribution in [0.4, 0.5) is 0 Å². The van der Waals surface area contributed by atoms with Crippen molar-refractivity contribution < 1.29 is 5.11 Å². The fourth-order valence-corrected chi connectivity index (χ4v) is 3.19. The summed E-state index contributed by atoms with van der Waals surface area (Å²) in [5.74, 6) is 0. The van der Waals surface area contributed by atoms with Crippen LogP contribution in [-0.4, -0.2) is 28.7 Å². The molecule has 20 heavy (non-hydrogen) atoms. The average molecular weight is 273 g/mol. The molecule has 1 N–H and O–H groups in total. The molecule has 2 rings (SSSR count). The van der Waals surface area contributed by atoms with Crippen LogP contribution in [0.5, 0.6) is 0 Å². The normalized spacial score (nSPS) is 23.2. The maximum absolute atomic E-state index is 11.0. The third-order valence-corrected chi connectivity index (χ3v) is 4.42. The second kappa shape index (κ2) is 6.94. The molecule has 1 saturated heterocycles. The molecule has 0 aromatic rings. The predicted molar refractivity (Wildman–Crippen MR) is 85.4 cm³/mol. The molecule has 0 radical (unpaired) electrons. The predicted octanol–water partition coefficient (Wildman–Crippen LogP) is 3.96. The maximum atomic E-state index is 11.0. The molecule has 0 spiro atoms. The summed E-state index contributed by atoms with van der Waals surface area (Å²) in [6, 6.07) is 0. The summed E-state index contributed by atoms with van der Waals surface area (Å²) >= 11 is 0. The van der Waals surface area contributed by atoms with Crippen LogP contribution in [-0.2, 0) is 0 Å². The monoisotopic (exact) mass is 273 g/mol. The highest BCUT2D eigenvalue weighted by molar-refractivity contribution is 5.23. The summed E-state index contributed by atoms with van der Waals surface area (Å²) in [6.07, 6.45) is 16.5. The average Bonchev–Trinajstić information content (AvgIpc) is 2.75. The first-order chi connectivity index (χ1) is 9.69. The van der Waals surface area contributed by atoms with Gasteiger partial charge >= 0.3 is 0 Å². The summed E-state index contributed by atoms with van der Waals surface area (Å²) in [5, 5.41) is 11.0. The molecular formula is C18H27NO. The first-order valence-electron chi connectivity index (χ1n) is 7.84. The molecule has 0 amide bonds. The number of hydrogen-bond donors (Lipinski definition) is 1. The molecule has 0 aromatic carbocycles. The van der Waals surface area contributed by atoms with Crippen molar-refractivity contribution in [3.05, 3.63) is 48.2 Å². The molecular weight excluding hydrogens is 246 g/mol. The Hall–Kier alpha value is -1.28. The molecule has 2 aliphatic rings. The Kier molecular flexibility index (Phi) is 5.24. The van der Waals surface area contributed by atoms with Crippen molar-refractivity contribution in [2.24, 2.45) is 0 Å². The highest BCUT2D eigenvalue weighted by atomic mass is 16.3. The van der Waals surface area contributed by atoms with Gasteiger partial charge in [0, 0.05) is 18.8 Å². The van der Waals surface area contributed by atoms with Gasteiger partial charge in [0.1, 0.15) is 0 Å². The molecule has 1 aliphatic heterocycles. The number of hydrogen-bond acceptors (Lipinski definition) is 2. The lowest BCUT2D eigenvalue weighted by Gasteiger charge is -2.41. The van der Waals surface area contributed by atoms with Gasteiger partial charge in [-0.05, 0) is 50.2 Å². The van der Waals surface area contributed by atoms with Gasteiger partial charge in [0.2, 0.25) is 0 Å². The Morgan fingerprint density at radius 1 is 1.40 bits per heavy atom. The lowest BCUT2D eigenvalue weighted by Crippen LogP contribution is -2.45. The lowest BCUT2D eigenvalue weighted by molar-refractivity contribution is 0.0163. The van der Waals surface area contributed by atoms with E-state index in [0.717, 1.165) is 51.6 Å². The molecule has 0 bridgehead atoms. The molecule has 0 unspecified atom stereocenters. The topological polar surface area (TPSA) is 23.5 Å². The van der Waals surface area contributed by atoms with Crippen molar-refractivity contribution in [1.82, 2.24) is 4.90 Å². The van der Waals surface area contributed by atoms with Gasteiger partial charge in [-0.2, -0.15) is 0 Å². The molecule has 2 heteroatoms. The minimum atomic E-state index is -0.582. The van der Waals surface area contributed by atoms with Crippen LogP contribution in [0.15, 0.2) is 48.2 Å². The number of allylic oxidation sites excluding steroid dienone is 5. The number of piperidine rings is 1. The van der Waals surface area contributed by atoms with Gasteiger partial charge in [-0.25, -0.2) is 0 Å². The summed E-state index contributed by atoms with van der Waals surface area (Å²) in [5.41, 5.74) is 1.88. The highest BCUT2D eigenvalue weighted by Crippen LogP contribution is 2.34. The fourth-order valence-electron chi connectivity index (χ4n) is 3.19. The molecule has 110 valence electrons. The van der Waals surface area contributed by atoms with Crippen LogP contribution in [0.1, 0.15) is 45.4 Å². The van der Waals surface area contributed by atoms with Gasteiger partial charge in [-0.3, -0.25) is 0 Å². The zero-order valence-electron chi connectivity index (χ0n) is 12.6. The molecule has 0 atom stereocenters. The minimum absolute atomic E-state index is 0.582. The number of aliphatic hydroxyl groups is 1. The maximum Gasteiger partial charge on any atom is 0.0890 e. The molecule has 0 saturated carbocycles. The fraction of sp³-hybridized carbons (Fsp3) is 0.556. The Bertz CT molecular complexity index is 423. The molecule has 0 aromatic heterocycles. The SMILES string of the molecule is C=CC(=CCC)N1CCC(O)(C2=CCC=CCC2)CC1. The van der Waals surface area contributed by atoms with Gasteiger partial charge in [-0.15, -0.1) is 0 Å². The number of nitrogens with zero attached hydrogens (tertiary/aromatic N) is 1. The second-order valence-electron chi connectivity index (χ2n) is 5.74. The van der Waals surface area contributed by atoms with Crippen molar-refractivity contribution in [1.29, 1.82) is 0 Å². The minimum Gasteiger partial charge on any atom is -0.385 e. The Morgan fingerprint density at radius 2 is 2.15 bits per heavy atom. The van der Waals surface area contributed by atoms with E-state index < -0.39 is 5.60 Å². The summed E-state index contributed by atoms with van der Waals surface area (Å²) in [4.78, 5) is 2.35. The Balaban J connectivity index is 2.00. The summed E-state index contributed by atoms with van der Waals surface area (Å²) in [7, 11) is 0. The van der Waals surface area contributed by atoms with Crippen LogP contribution >= 0.6 is 0 Å². The van der Waals surface area contributed by atoms with E-state index in [2.05, 4.69) is 42.7 Å². The highest BCUT2D eigenvalue weighted by Gasteiger charge is 2.35. The largest absolute Gasteiger partial charge is 0.385 e. The van der Waals surface area contributed by atoms with Crippen LogP contribution in [0, 0.1) is 0 Å². The molecule has 2 nitrogen and oxygen atoms in total. The van der Waals surface area contributed by atoms with Gasteiger partial charge < -0.3 is 10.0 Å². The van der Waals surface area contributed by atoms with Crippen molar-refractivity contribution in [2.45, 2.75) is 51.0 Å². The zero-order chi connectivity index (χ0) is 14.4. The first kappa shape index (κ1) is 15.1. The van der Waals surface area contributed by atoms with Crippen molar-refractivity contribution in [3.63, 3.8) is 0 Å². The van der Waals surface area contributed by atoms with Crippen molar-refractivity contribution >= 4 is 0 Å². The molecule has 1 heterocycles. The van der Waals surface area contributed by atoms with Gasteiger partial charge in [0.15, 0.2) is 0 Å². The summed E-state index contributed by atoms with van der Waals surface area (Å²) < 4.78 is 0. The van der Waals surface area contributed by atoms with Crippen LogP contribution in [0.25, 0.3) is 0 Å². The smallest absolute Gasteiger partial charge is 0.0890 e. The van der Waals surface area contributed by atoms with E-state index in [1.54, 1.807) is 0 Å². The van der Waals surface area contributed by atoms with Gasteiger partial charge in [0.05, 0.1) is 5.60 Å². The number of rotatable bonds is 4. The van der Waals surface area contributed by atoms with E-state index in [4.69, 9.17) is 0 Å². The quantitative estimate of drug-likeness (QED) is 0.619. The third-order valence-electron chi connectivity index (χ3n) is 4.42. The molecule has 1 fully saturated rings. The standard InChI is InChI=1S/C18H27NO/c1-3-9-17(4-2)19-14-12-18(20,13-15-19)16-10-7-5-6-8-11-16/h4-6,9-10,20H,2-3,7-8,11-15H2,1H3. The van der Waals surface area contributed by atoms with E-state index in [9.17, 15) is 5.11 Å². The first-order valence-corrected chi connectivity index (χ1v) is 7.84. The summed E-state index contributed by atoms with van der Waals surface area (Å²) in [6.45, 7) is 7.88. The third kappa shape index (κ3) is 3.43. The van der Waals surface area contributed by atoms with Crippen molar-refractivity contribution in [2.75, 3.05) is 13.1 Å². The van der Waals surface area contributed by atoms with E-state index in [1.165, 1.54) is 11.3 Å². The van der Waals surface area contributed by atoms with Gasteiger partial charge in [0.25, 0.3) is 0 Å². The van der Waals surface area contributed by atoms with E-state index in [1.807, 2.05) is 6.08 Å². The Morgan fingerprint density at radius 3 is 2.80 bits per heavy atom. The van der Waals surface area contributed by atoms with E-state index in [-0.39, 0.29) is 0 Å². The van der Waals surface area contributed by atoms with Crippen LogP contribution in [0.2, 0.25) is 0 Å². The lowest BCUT2D eigenvalue weighted by atomic mass is 9.81. The van der Waals surface area contributed by atoms with Crippen molar-refractivity contribution in [3.8, 4) is 0 Å². The van der Waals surface area contributed by atoms with E-state index >= 15 is 0 Å². The van der Waals surface area contributed by atoms with E-state index in [0.29, 0.717) is 0 Å². The van der Waals surface area contributed by atoms with Gasteiger partial charge in [-0.1, -0.05) is 37.8 Å². The zero-order valence-corrected chi connectivity index (χ0v) is 12.6. The Labute approximate surface area is 123 Å². The number of likely N-dealkylation sites (tertiary alicyclic amines) is 1. The second-order valence-corrected chi connectivity index (χ2v) is 5.74. The van der Waals surface area contributed by atoms with Crippen LogP contribution < -0.4 is 0 Å². The molecule has 1 aliphatic carbocycles.